The molecule has 2 atom stereocenters. The Kier molecular flexibility index (Phi) is 7.00. The van der Waals surface area contributed by atoms with Gasteiger partial charge < -0.3 is 14.8 Å². The lowest BCUT2D eigenvalue weighted by atomic mass is 9.95. The third kappa shape index (κ3) is 5.17. The summed E-state index contributed by atoms with van der Waals surface area (Å²) in [6, 6.07) is 4.41. The first-order valence-electron chi connectivity index (χ1n) is 7.74. The molecule has 1 aliphatic carbocycles. The van der Waals surface area contributed by atoms with E-state index in [4.69, 9.17) is 9.47 Å². The van der Waals surface area contributed by atoms with Gasteiger partial charge in [-0.05, 0) is 50.8 Å². The first-order valence-corrected chi connectivity index (χ1v) is 8.56. The van der Waals surface area contributed by atoms with Crippen molar-refractivity contribution in [3.63, 3.8) is 0 Å². The molecule has 2 unspecified atom stereocenters. The van der Waals surface area contributed by atoms with E-state index in [2.05, 4.69) is 24.4 Å². The van der Waals surface area contributed by atoms with Gasteiger partial charge in [-0.25, -0.2) is 0 Å². The SMILES string of the molecule is CCCNCc1ccc(COC2CCCC(OC)C2)s1. The van der Waals surface area contributed by atoms with Crippen molar-refractivity contribution < 1.29 is 9.47 Å². The minimum atomic E-state index is 0.373. The normalized spacial score (nSPS) is 23.1. The molecule has 1 heterocycles. The zero-order chi connectivity index (χ0) is 14.2. The number of thiophene rings is 1. The van der Waals surface area contributed by atoms with Crippen LogP contribution in [0.3, 0.4) is 0 Å². The number of nitrogens with one attached hydrogen (secondary N) is 1. The molecule has 2 rings (SSSR count). The Bertz CT molecular complexity index is 380. The Labute approximate surface area is 126 Å². The Morgan fingerprint density at radius 1 is 1.25 bits per heavy atom. The molecule has 3 nitrogen and oxygen atoms in total. The second-order valence-corrected chi connectivity index (χ2v) is 6.76. The lowest BCUT2D eigenvalue weighted by Gasteiger charge is -2.28. The quantitative estimate of drug-likeness (QED) is 0.742. The standard InChI is InChI=1S/C16H27NO2S/c1-3-9-17-11-15-7-8-16(20-15)12-19-14-6-4-5-13(10-14)18-2/h7-8,13-14,17H,3-6,9-12H2,1-2H3. The second-order valence-electron chi connectivity index (χ2n) is 5.50. The van der Waals surface area contributed by atoms with Gasteiger partial charge in [0, 0.05) is 23.4 Å². The maximum Gasteiger partial charge on any atom is 0.0813 e. The molecule has 1 fully saturated rings. The van der Waals surface area contributed by atoms with Crippen LogP contribution in [-0.4, -0.2) is 25.9 Å². The minimum absolute atomic E-state index is 0.373. The third-order valence-electron chi connectivity index (χ3n) is 3.82. The summed E-state index contributed by atoms with van der Waals surface area (Å²) in [7, 11) is 1.81. The number of methoxy groups -OCH3 is 1. The summed E-state index contributed by atoms with van der Waals surface area (Å²) in [5.41, 5.74) is 0. The van der Waals surface area contributed by atoms with Crippen molar-refractivity contribution in [1.82, 2.24) is 5.32 Å². The minimum Gasteiger partial charge on any atom is -0.381 e. The highest BCUT2D eigenvalue weighted by molar-refractivity contribution is 7.11. The fraction of sp³-hybridized carbons (Fsp3) is 0.750. The van der Waals surface area contributed by atoms with Gasteiger partial charge >= 0.3 is 0 Å². The smallest absolute Gasteiger partial charge is 0.0813 e. The van der Waals surface area contributed by atoms with Crippen LogP contribution in [0.5, 0.6) is 0 Å². The van der Waals surface area contributed by atoms with Gasteiger partial charge in [0.15, 0.2) is 0 Å². The van der Waals surface area contributed by atoms with Crippen LogP contribution in [0.2, 0.25) is 0 Å². The highest BCUT2D eigenvalue weighted by atomic mass is 32.1. The maximum atomic E-state index is 6.05. The van der Waals surface area contributed by atoms with Crippen LogP contribution in [-0.2, 0) is 22.6 Å². The summed E-state index contributed by atoms with van der Waals surface area (Å²) in [6.07, 6.45) is 6.58. The van der Waals surface area contributed by atoms with Gasteiger partial charge in [0.05, 0.1) is 18.8 Å². The van der Waals surface area contributed by atoms with E-state index >= 15 is 0 Å². The molecule has 1 aliphatic rings. The van der Waals surface area contributed by atoms with Crippen molar-refractivity contribution in [3.8, 4) is 0 Å². The first-order chi connectivity index (χ1) is 9.81. The van der Waals surface area contributed by atoms with E-state index in [1.165, 1.54) is 35.4 Å². The predicted octanol–water partition coefficient (Wildman–Crippen LogP) is 3.72. The van der Waals surface area contributed by atoms with E-state index in [0.29, 0.717) is 12.2 Å². The molecule has 1 aromatic heterocycles. The highest BCUT2D eigenvalue weighted by Crippen LogP contribution is 2.25. The highest BCUT2D eigenvalue weighted by Gasteiger charge is 2.22. The Balaban J connectivity index is 1.70. The average molecular weight is 297 g/mol. The van der Waals surface area contributed by atoms with Gasteiger partial charge in [0.25, 0.3) is 0 Å². The van der Waals surface area contributed by atoms with Crippen LogP contribution < -0.4 is 5.32 Å². The molecule has 0 spiro atoms. The summed E-state index contributed by atoms with van der Waals surface area (Å²) in [5.74, 6) is 0. The molecule has 0 amide bonds. The van der Waals surface area contributed by atoms with Crippen molar-refractivity contribution in [2.45, 2.75) is 64.4 Å². The van der Waals surface area contributed by atoms with Crippen molar-refractivity contribution in [1.29, 1.82) is 0 Å². The zero-order valence-electron chi connectivity index (χ0n) is 12.7. The van der Waals surface area contributed by atoms with Crippen LogP contribution in [0.25, 0.3) is 0 Å². The molecule has 0 radical (unpaired) electrons. The lowest BCUT2D eigenvalue weighted by Crippen LogP contribution is -2.27. The van der Waals surface area contributed by atoms with Crippen LogP contribution >= 0.6 is 11.3 Å². The molecule has 1 N–H and O–H groups in total. The Hall–Kier alpha value is -0.420. The molecule has 114 valence electrons. The summed E-state index contributed by atoms with van der Waals surface area (Å²) in [5, 5.41) is 3.44. The second kappa shape index (κ2) is 8.78. The Morgan fingerprint density at radius 3 is 2.85 bits per heavy atom. The zero-order valence-corrected chi connectivity index (χ0v) is 13.5. The maximum absolute atomic E-state index is 6.05. The van der Waals surface area contributed by atoms with Gasteiger partial charge in [0.2, 0.25) is 0 Å². The lowest BCUT2D eigenvalue weighted by molar-refractivity contribution is -0.0356. The molecular weight excluding hydrogens is 270 g/mol. The summed E-state index contributed by atoms with van der Waals surface area (Å²) in [6.45, 7) is 5.01. The van der Waals surface area contributed by atoms with E-state index in [1.54, 1.807) is 0 Å². The summed E-state index contributed by atoms with van der Waals surface area (Å²) >= 11 is 1.86. The molecule has 0 aliphatic heterocycles. The van der Waals surface area contributed by atoms with E-state index < -0.39 is 0 Å². The van der Waals surface area contributed by atoms with Gasteiger partial charge in [-0.3, -0.25) is 0 Å². The van der Waals surface area contributed by atoms with Gasteiger partial charge in [0.1, 0.15) is 0 Å². The Morgan fingerprint density at radius 2 is 2.05 bits per heavy atom. The average Bonchev–Trinajstić information content (AvgIpc) is 2.94. The topological polar surface area (TPSA) is 30.5 Å². The van der Waals surface area contributed by atoms with Crippen LogP contribution in [0.1, 0.15) is 48.8 Å². The molecule has 0 bridgehead atoms. The third-order valence-corrected chi connectivity index (χ3v) is 4.87. The van der Waals surface area contributed by atoms with Crippen molar-refractivity contribution in [3.05, 3.63) is 21.9 Å². The predicted molar refractivity (Wildman–Crippen MR) is 84.2 cm³/mol. The largest absolute Gasteiger partial charge is 0.381 e. The molecular formula is C16H27NO2S. The van der Waals surface area contributed by atoms with Crippen LogP contribution in [0.15, 0.2) is 12.1 Å². The van der Waals surface area contributed by atoms with E-state index in [-0.39, 0.29) is 0 Å². The molecule has 1 aromatic rings. The molecule has 20 heavy (non-hydrogen) atoms. The fourth-order valence-electron chi connectivity index (χ4n) is 2.65. The van der Waals surface area contributed by atoms with Crippen LogP contribution in [0.4, 0.5) is 0 Å². The number of hydrogen-bond acceptors (Lipinski definition) is 4. The number of hydrogen-bond donors (Lipinski definition) is 1. The molecule has 0 aromatic carbocycles. The van der Waals surface area contributed by atoms with Gasteiger partial charge in [-0.2, -0.15) is 0 Å². The van der Waals surface area contributed by atoms with Crippen molar-refractivity contribution >= 4 is 11.3 Å². The van der Waals surface area contributed by atoms with E-state index in [1.807, 2.05) is 18.4 Å². The monoisotopic (exact) mass is 297 g/mol. The van der Waals surface area contributed by atoms with Crippen molar-refractivity contribution in [2.24, 2.45) is 0 Å². The first kappa shape index (κ1) is 16.0. The van der Waals surface area contributed by atoms with Crippen molar-refractivity contribution in [2.75, 3.05) is 13.7 Å². The van der Waals surface area contributed by atoms with Gasteiger partial charge in [-0.1, -0.05) is 6.92 Å². The van der Waals surface area contributed by atoms with Crippen LogP contribution in [0, 0.1) is 0 Å². The molecule has 1 saturated carbocycles. The number of rotatable bonds is 8. The summed E-state index contributed by atoms with van der Waals surface area (Å²) in [4.78, 5) is 2.73. The van der Waals surface area contributed by atoms with Gasteiger partial charge in [-0.15, -0.1) is 11.3 Å². The molecule has 4 heteroatoms. The van der Waals surface area contributed by atoms with E-state index in [0.717, 1.165) is 26.1 Å². The molecule has 0 saturated heterocycles. The fourth-order valence-corrected chi connectivity index (χ4v) is 3.56. The number of ether oxygens (including phenoxy) is 2. The summed E-state index contributed by atoms with van der Waals surface area (Å²) < 4.78 is 11.5. The van der Waals surface area contributed by atoms with E-state index in [9.17, 15) is 0 Å².